The number of hydrogen-bond acceptors (Lipinski definition) is 4. The van der Waals surface area contributed by atoms with Gasteiger partial charge in [0.2, 0.25) is 10.0 Å². The molecule has 5 nitrogen and oxygen atoms in total. The van der Waals surface area contributed by atoms with Crippen LogP contribution in [-0.4, -0.2) is 27.0 Å². The van der Waals surface area contributed by atoms with Gasteiger partial charge in [0, 0.05) is 0 Å². The predicted octanol–water partition coefficient (Wildman–Crippen LogP) is 3.78. The highest BCUT2D eigenvalue weighted by Gasteiger charge is 2.27. The smallest absolute Gasteiger partial charge is 0.335 e. The van der Waals surface area contributed by atoms with E-state index in [4.69, 9.17) is 4.74 Å². The lowest BCUT2D eigenvalue weighted by molar-refractivity contribution is -0.138. The molecule has 6 heteroatoms. The Hall–Kier alpha value is -2.44. The van der Waals surface area contributed by atoms with E-state index in [1.807, 2.05) is 37.3 Å². The maximum Gasteiger partial charge on any atom is 0.335 e. The number of nitrogens with one attached hydrogen (secondary N) is 1. The van der Waals surface area contributed by atoms with E-state index in [0.29, 0.717) is 18.4 Å². The van der Waals surface area contributed by atoms with Gasteiger partial charge < -0.3 is 4.74 Å². The largest absolute Gasteiger partial charge is 0.463 e. The molecule has 1 unspecified atom stereocenters. The van der Waals surface area contributed by atoms with Crippen molar-refractivity contribution >= 4 is 16.0 Å². The highest BCUT2D eigenvalue weighted by molar-refractivity contribution is 7.89. The zero-order valence-electron chi connectivity index (χ0n) is 16.5. The number of esters is 1. The van der Waals surface area contributed by atoms with Gasteiger partial charge in [-0.3, -0.25) is 0 Å². The molecule has 0 radical (unpaired) electrons. The lowest BCUT2D eigenvalue weighted by atomic mass is 9.99. The van der Waals surface area contributed by atoms with E-state index in [0.717, 1.165) is 11.1 Å². The molecule has 28 heavy (non-hydrogen) atoms. The Balaban J connectivity index is 2.28. The van der Waals surface area contributed by atoms with Crippen LogP contribution in [0.2, 0.25) is 0 Å². The van der Waals surface area contributed by atoms with E-state index in [1.165, 1.54) is 0 Å². The van der Waals surface area contributed by atoms with Crippen molar-refractivity contribution in [2.75, 3.05) is 6.61 Å². The molecule has 1 atom stereocenters. The quantitative estimate of drug-likeness (QED) is 0.513. The molecule has 2 aromatic rings. The van der Waals surface area contributed by atoms with Crippen LogP contribution in [0.15, 0.2) is 71.1 Å². The number of benzene rings is 2. The van der Waals surface area contributed by atoms with Gasteiger partial charge in [-0.25, -0.2) is 17.9 Å². The highest BCUT2D eigenvalue weighted by atomic mass is 32.2. The number of carbonyl (C=O) groups is 1. The topological polar surface area (TPSA) is 72.5 Å². The summed E-state index contributed by atoms with van der Waals surface area (Å²) in [5.41, 5.74) is 2.36. The fourth-order valence-corrected chi connectivity index (χ4v) is 4.13. The molecular weight excluding hydrogens is 374 g/mol. The second kappa shape index (κ2) is 10.2. The molecule has 2 rings (SSSR count). The molecule has 0 bridgehead atoms. The van der Waals surface area contributed by atoms with E-state index in [1.54, 1.807) is 44.2 Å². The first-order valence-electron chi connectivity index (χ1n) is 9.33. The lowest BCUT2D eigenvalue weighted by Crippen LogP contribution is -2.39. The van der Waals surface area contributed by atoms with Gasteiger partial charge in [-0.1, -0.05) is 54.1 Å². The average molecular weight is 402 g/mol. The van der Waals surface area contributed by atoms with Gasteiger partial charge in [0.25, 0.3) is 0 Å². The second-order valence-electron chi connectivity index (χ2n) is 6.48. The Morgan fingerprint density at radius 3 is 2.32 bits per heavy atom. The molecule has 0 saturated carbocycles. The molecule has 2 aromatic carbocycles. The van der Waals surface area contributed by atoms with Crippen molar-refractivity contribution in [3.05, 3.63) is 77.4 Å². The molecule has 0 saturated heterocycles. The van der Waals surface area contributed by atoms with Crippen LogP contribution in [0.25, 0.3) is 0 Å². The molecule has 0 aliphatic heterocycles. The summed E-state index contributed by atoms with van der Waals surface area (Å²) < 4.78 is 33.6. The second-order valence-corrected chi connectivity index (χ2v) is 8.19. The summed E-state index contributed by atoms with van der Waals surface area (Å²) in [5.74, 6) is -0.505. The van der Waals surface area contributed by atoms with Crippen LogP contribution in [-0.2, 0) is 26.0 Å². The van der Waals surface area contributed by atoms with E-state index >= 15 is 0 Å². The van der Waals surface area contributed by atoms with Gasteiger partial charge in [0.05, 0.1) is 23.1 Å². The van der Waals surface area contributed by atoms with Crippen molar-refractivity contribution in [3.8, 4) is 0 Å². The van der Waals surface area contributed by atoms with E-state index < -0.39 is 22.0 Å². The lowest BCUT2D eigenvalue weighted by Gasteiger charge is -2.21. The number of sulfonamides is 1. The van der Waals surface area contributed by atoms with Crippen LogP contribution in [0.1, 0.15) is 31.4 Å². The summed E-state index contributed by atoms with van der Waals surface area (Å²) in [7, 11) is -3.78. The SMILES string of the molecule is CC=C(C(=O)OCC)C(CCc1ccccc1)NS(=O)(=O)c1ccc(C)cc1. The number of hydrogen-bond donors (Lipinski definition) is 1. The van der Waals surface area contributed by atoms with Gasteiger partial charge in [0.15, 0.2) is 0 Å². The van der Waals surface area contributed by atoms with Gasteiger partial charge >= 0.3 is 5.97 Å². The van der Waals surface area contributed by atoms with Crippen LogP contribution < -0.4 is 4.72 Å². The van der Waals surface area contributed by atoms with Crippen molar-refractivity contribution < 1.29 is 17.9 Å². The minimum absolute atomic E-state index is 0.169. The van der Waals surface area contributed by atoms with Crippen molar-refractivity contribution in [3.63, 3.8) is 0 Å². The first-order chi connectivity index (χ1) is 13.4. The van der Waals surface area contributed by atoms with Crippen LogP contribution in [0.4, 0.5) is 0 Å². The maximum absolute atomic E-state index is 12.9. The number of ether oxygens (including phenoxy) is 1. The fraction of sp³-hybridized carbons (Fsp3) is 0.318. The number of aryl methyl sites for hydroxylation is 2. The van der Waals surface area contributed by atoms with E-state index in [2.05, 4.69) is 4.72 Å². The summed E-state index contributed by atoms with van der Waals surface area (Å²) in [6.45, 7) is 5.56. The van der Waals surface area contributed by atoms with Gasteiger partial charge in [-0.15, -0.1) is 0 Å². The maximum atomic E-state index is 12.9. The minimum Gasteiger partial charge on any atom is -0.463 e. The normalized spacial score (nSPS) is 13.2. The zero-order chi connectivity index (χ0) is 20.6. The summed E-state index contributed by atoms with van der Waals surface area (Å²) in [6.07, 6.45) is 2.68. The standard InChI is InChI=1S/C22H27NO4S/c1-4-20(22(24)27-5-2)21(16-13-18-9-7-6-8-10-18)23-28(25,26)19-14-11-17(3)12-15-19/h4,6-12,14-15,21,23H,5,13,16H2,1-3H3. The summed E-state index contributed by atoms with van der Waals surface area (Å²) in [4.78, 5) is 12.5. The van der Waals surface area contributed by atoms with Crippen LogP contribution in [0, 0.1) is 6.92 Å². The molecule has 0 spiro atoms. The summed E-state index contributed by atoms with van der Waals surface area (Å²) in [6, 6.07) is 15.7. The molecule has 0 aromatic heterocycles. The van der Waals surface area contributed by atoms with E-state index in [-0.39, 0.29) is 11.5 Å². The Bertz CT molecular complexity index is 903. The van der Waals surface area contributed by atoms with Crippen LogP contribution in [0.5, 0.6) is 0 Å². The van der Waals surface area contributed by atoms with Crippen molar-refractivity contribution in [1.29, 1.82) is 0 Å². The number of carbonyl (C=O) groups excluding carboxylic acids is 1. The Morgan fingerprint density at radius 1 is 1.11 bits per heavy atom. The molecule has 0 amide bonds. The predicted molar refractivity (Wildman–Crippen MR) is 110 cm³/mol. The van der Waals surface area contributed by atoms with Gasteiger partial charge in [0.1, 0.15) is 0 Å². The molecule has 150 valence electrons. The number of rotatable bonds is 9. The molecule has 0 aliphatic rings. The molecular formula is C22H27NO4S. The van der Waals surface area contributed by atoms with Crippen LogP contribution >= 0.6 is 0 Å². The number of allylic oxidation sites excluding steroid dienone is 1. The van der Waals surface area contributed by atoms with Gasteiger partial charge in [-0.05, 0) is 51.3 Å². The van der Waals surface area contributed by atoms with Crippen molar-refractivity contribution in [2.45, 2.75) is 44.6 Å². The fourth-order valence-electron chi connectivity index (χ4n) is 2.88. The van der Waals surface area contributed by atoms with Crippen molar-refractivity contribution in [2.24, 2.45) is 0 Å². The third-order valence-corrected chi connectivity index (χ3v) is 5.88. The third-order valence-electron chi connectivity index (χ3n) is 4.39. The van der Waals surface area contributed by atoms with Gasteiger partial charge in [-0.2, -0.15) is 0 Å². The van der Waals surface area contributed by atoms with Crippen LogP contribution in [0.3, 0.4) is 0 Å². The zero-order valence-corrected chi connectivity index (χ0v) is 17.3. The monoisotopic (exact) mass is 401 g/mol. The highest BCUT2D eigenvalue weighted by Crippen LogP contribution is 2.18. The Kier molecular flexibility index (Phi) is 7.96. The molecule has 0 fully saturated rings. The molecule has 0 heterocycles. The molecule has 0 aliphatic carbocycles. The minimum atomic E-state index is -3.78. The Labute approximate surface area is 167 Å². The first-order valence-corrected chi connectivity index (χ1v) is 10.8. The third kappa shape index (κ3) is 6.04. The average Bonchev–Trinajstić information content (AvgIpc) is 2.67. The Morgan fingerprint density at radius 2 is 1.75 bits per heavy atom. The van der Waals surface area contributed by atoms with E-state index in [9.17, 15) is 13.2 Å². The molecule has 1 N–H and O–H groups in total. The first kappa shape index (κ1) is 21.9. The van der Waals surface area contributed by atoms with Crippen molar-refractivity contribution in [1.82, 2.24) is 4.72 Å². The summed E-state index contributed by atoms with van der Waals surface area (Å²) >= 11 is 0. The summed E-state index contributed by atoms with van der Waals surface area (Å²) in [5, 5.41) is 0.